The Kier molecular flexibility index (Phi) is 7.37. The van der Waals surface area contributed by atoms with Crippen molar-refractivity contribution in [2.75, 3.05) is 31.7 Å². The molecule has 8 heteroatoms. The van der Waals surface area contributed by atoms with E-state index in [2.05, 4.69) is 0 Å². The van der Waals surface area contributed by atoms with Gasteiger partial charge in [-0.15, -0.1) is 0 Å². The van der Waals surface area contributed by atoms with Crippen molar-refractivity contribution in [3.05, 3.63) is 83.9 Å². The first-order valence-electron chi connectivity index (χ1n) is 9.91. The Morgan fingerprint density at radius 1 is 0.906 bits per heavy atom. The van der Waals surface area contributed by atoms with Crippen LogP contribution in [0.2, 0.25) is 0 Å². The summed E-state index contributed by atoms with van der Waals surface area (Å²) < 4.78 is 43.1. The summed E-state index contributed by atoms with van der Waals surface area (Å²) in [5.41, 5.74) is 1.79. The third-order valence-corrected chi connectivity index (χ3v) is 6.56. The van der Waals surface area contributed by atoms with Gasteiger partial charge in [-0.3, -0.25) is 4.31 Å². The highest BCUT2D eigenvalue weighted by atomic mass is 32.2. The molecule has 0 aromatic heterocycles. The molecule has 0 spiro atoms. The maximum Gasteiger partial charge on any atom is 0.338 e. The Labute approximate surface area is 188 Å². The molecular formula is C24H25NO6S. The molecule has 7 nitrogen and oxygen atoms in total. The maximum atomic E-state index is 13.0. The second kappa shape index (κ2) is 10.2. The van der Waals surface area contributed by atoms with Crippen LogP contribution in [0.5, 0.6) is 11.5 Å². The van der Waals surface area contributed by atoms with E-state index in [-0.39, 0.29) is 23.7 Å². The van der Waals surface area contributed by atoms with E-state index >= 15 is 0 Å². The van der Waals surface area contributed by atoms with E-state index in [4.69, 9.17) is 14.2 Å². The number of anilines is 1. The normalized spacial score (nSPS) is 11.0. The van der Waals surface area contributed by atoms with Gasteiger partial charge in [0.15, 0.2) is 0 Å². The zero-order chi connectivity index (χ0) is 23.1. The zero-order valence-electron chi connectivity index (χ0n) is 18.1. The van der Waals surface area contributed by atoms with Crippen molar-refractivity contribution in [2.45, 2.75) is 11.8 Å². The van der Waals surface area contributed by atoms with E-state index in [9.17, 15) is 13.2 Å². The van der Waals surface area contributed by atoms with Crippen molar-refractivity contribution in [1.29, 1.82) is 0 Å². The highest BCUT2D eigenvalue weighted by Crippen LogP contribution is 2.30. The van der Waals surface area contributed by atoms with Crippen LogP contribution < -0.4 is 13.8 Å². The first-order chi connectivity index (χ1) is 15.3. The van der Waals surface area contributed by atoms with Gasteiger partial charge < -0.3 is 14.2 Å². The highest BCUT2D eigenvalue weighted by molar-refractivity contribution is 7.92. The molecule has 168 valence electrons. The van der Waals surface area contributed by atoms with Gasteiger partial charge in [0.25, 0.3) is 10.0 Å². The van der Waals surface area contributed by atoms with Crippen molar-refractivity contribution in [1.82, 2.24) is 0 Å². The minimum atomic E-state index is -3.84. The van der Waals surface area contributed by atoms with E-state index < -0.39 is 16.0 Å². The predicted molar refractivity (Wildman–Crippen MR) is 122 cm³/mol. The summed E-state index contributed by atoms with van der Waals surface area (Å²) in [6.07, 6.45) is 0. The Morgan fingerprint density at radius 2 is 1.56 bits per heavy atom. The number of esters is 1. The largest absolute Gasteiger partial charge is 0.495 e. The van der Waals surface area contributed by atoms with Gasteiger partial charge in [-0.2, -0.15) is 0 Å². The van der Waals surface area contributed by atoms with Gasteiger partial charge in [-0.25, -0.2) is 13.2 Å². The van der Waals surface area contributed by atoms with Crippen LogP contribution in [0.1, 0.15) is 15.9 Å². The first-order valence-corrected chi connectivity index (χ1v) is 11.4. The fourth-order valence-electron chi connectivity index (χ4n) is 2.95. The Hall–Kier alpha value is -3.52. The lowest BCUT2D eigenvalue weighted by atomic mass is 10.2. The summed E-state index contributed by atoms with van der Waals surface area (Å²) in [5.74, 6) is 0.576. The number of hydrogen-bond acceptors (Lipinski definition) is 6. The molecule has 32 heavy (non-hydrogen) atoms. The smallest absolute Gasteiger partial charge is 0.338 e. The molecule has 3 rings (SSSR count). The van der Waals surface area contributed by atoms with Crippen LogP contribution in [0.15, 0.2) is 77.7 Å². The minimum absolute atomic E-state index is 0.0464. The van der Waals surface area contributed by atoms with Crippen molar-refractivity contribution < 1.29 is 27.4 Å². The number of carbonyl (C=O) groups is 1. The molecule has 3 aromatic carbocycles. The summed E-state index contributed by atoms with van der Waals surface area (Å²) in [7, 11) is -0.915. The number of aryl methyl sites for hydroxylation is 1. The monoisotopic (exact) mass is 455 g/mol. The molecule has 3 aromatic rings. The summed E-state index contributed by atoms with van der Waals surface area (Å²) in [4.78, 5) is 12.3. The molecule has 0 bridgehead atoms. The van der Waals surface area contributed by atoms with Crippen LogP contribution in [0, 0.1) is 6.92 Å². The van der Waals surface area contributed by atoms with E-state index in [0.29, 0.717) is 17.2 Å². The Bertz CT molecular complexity index is 1160. The van der Waals surface area contributed by atoms with Gasteiger partial charge in [-0.05, 0) is 55.5 Å². The molecule has 0 atom stereocenters. The fraction of sp³-hybridized carbons (Fsp3) is 0.208. The molecule has 0 unspecified atom stereocenters. The maximum absolute atomic E-state index is 13.0. The molecule has 0 amide bonds. The number of hydrogen-bond donors (Lipinski definition) is 0. The lowest BCUT2D eigenvalue weighted by molar-refractivity contribution is 0.0450. The van der Waals surface area contributed by atoms with Gasteiger partial charge in [-0.1, -0.05) is 29.8 Å². The number of para-hydroxylation sites is 2. The fourth-order valence-corrected chi connectivity index (χ4v) is 4.16. The molecule has 0 heterocycles. The number of methoxy groups -OCH3 is 1. The van der Waals surface area contributed by atoms with Crippen LogP contribution in [0.25, 0.3) is 0 Å². The van der Waals surface area contributed by atoms with E-state index in [1.807, 2.05) is 31.2 Å². The van der Waals surface area contributed by atoms with Crippen LogP contribution in [0.4, 0.5) is 5.69 Å². The number of rotatable bonds is 9. The van der Waals surface area contributed by atoms with Gasteiger partial charge >= 0.3 is 5.97 Å². The second-order valence-corrected chi connectivity index (χ2v) is 8.94. The van der Waals surface area contributed by atoms with Crippen LogP contribution in [-0.2, 0) is 14.8 Å². The molecule has 0 N–H and O–H groups in total. The number of carbonyl (C=O) groups excluding carboxylic acids is 1. The predicted octanol–water partition coefficient (Wildman–Crippen LogP) is 4.06. The van der Waals surface area contributed by atoms with E-state index in [1.54, 1.807) is 24.3 Å². The Morgan fingerprint density at radius 3 is 2.22 bits per heavy atom. The Balaban J connectivity index is 1.60. The third-order valence-electron chi connectivity index (χ3n) is 4.78. The molecule has 0 radical (unpaired) electrons. The van der Waals surface area contributed by atoms with Crippen molar-refractivity contribution in [2.24, 2.45) is 0 Å². The molecule has 0 saturated carbocycles. The van der Waals surface area contributed by atoms with Crippen LogP contribution in [-0.4, -0.2) is 41.8 Å². The average molecular weight is 456 g/mol. The third kappa shape index (κ3) is 5.39. The lowest BCUT2D eigenvalue weighted by Crippen LogP contribution is -2.27. The topological polar surface area (TPSA) is 82.1 Å². The van der Waals surface area contributed by atoms with Crippen molar-refractivity contribution in [3.63, 3.8) is 0 Å². The summed E-state index contributed by atoms with van der Waals surface area (Å²) >= 11 is 0. The van der Waals surface area contributed by atoms with Crippen molar-refractivity contribution in [3.8, 4) is 11.5 Å². The zero-order valence-corrected chi connectivity index (χ0v) is 19.0. The number of sulfonamides is 1. The van der Waals surface area contributed by atoms with E-state index in [0.717, 1.165) is 9.87 Å². The standard InChI is InChI=1S/C24H25NO6S/c1-18-8-12-20(13-9-18)30-16-17-31-24(26)19-10-14-21(15-11-19)32(27,28)25(2)22-6-4-5-7-23(22)29-3/h4-15H,16-17H2,1-3H3. The summed E-state index contributed by atoms with van der Waals surface area (Å²) in [6.45, 7) is 2.27. The summed E-state index contributed by atoms with van der Waals surface area (Å²) in [6, 6.07) is 20.0. The molecule has 0 aliphatic heterocycles. The quantitative estimate of drug-likeness (QED) is 0.357. The number of ether oxygens (including phenoxy) is 3. The molecule has 0 aliphatic carbocycles. The average Bonchev–Trinajstić information content (AvgIpc) is 2.82. The lowest BCUT2D eigenvalue weighted by Gasteiger charge is -2.21. The van der Waals surface area contributed by atoms with Gasteiger partial charge in [0.2, 0.25) is 0 Å². The van der Waals surface area contributed by atoms with Crippen molar-refractivity contribution >= 4 is 21.7 Å². The van der Waals surface area contributed by atoms with Crippen LogP contribution >= 0.6 is 0 Å². The highest BCUT2D eigenvalue weighted by Gasteiger charge is 2.24. The number of nitrogens with zero attached hydrogens (tertiary/aromatic N) is 1. The van der Waals surface area contributed by atoms with Crippen LogP contribution in [0.3, 0.4) is 0 Å². The van der Waals surface area contributed by atoms with E-state index in [1.165, 1.54) is 38.4 Å². The molecule has 0 saturated heterocycles. The molecule has 0 aliphatic rings. The van der Waals surface area contributed by atoms with Gasteiger partial charge in [0, 0.05) is 7.05 Å². The van der Waals surface area contributed by atoms with Gasteiger partial charge in [0.1, 0.15) is 24.7 Å². The van der Waals surface area contributed by atoms with Gasteiger partial charge in [0.05, 0.1) is 23.3 Å². The minimum Gasteiger partial charge on any atom is -0.495 e. The molecule has 0 fully saturated rings. The summed E-state index contributed by atoms with van der Waals surface area (Å²) in [5, 5.41) is 0. The SMILES string of the molecule is COc1ccccc1N(C)S(=O)(=O)c1ccc(C(=O)OCCOc2ccc(C)cc2)cc1. The number of benzene rings is 3. The second-order valence-electron chi connectivity index (χ2n) is 6.97. The first kappa shape index (κ1) is 23.1. The molecular weight excluding hydrogens is 430 g/mol.